The van der Waals surface area contributed by atoms with E-state index in [-0.39, 0.29) is 30.9 Å². The number of carbonyl (C=O) groups is 2. The van der Waals surface area contributed by atoms with Crippen LogP contribution in [0.3, 0.4) is 0 Å². The number of likely N-dealkylation sites (tertiary alicyclic amines) is 1. The Morgan fingerprint density at radius 2 is 1.83 bits per heavy atom. The number of fused-ring (bicyclic) bond motifs is 1. The number of rotatable bonds is 10. The SMILES string of the molecule is COc1ccc(CN2C(=O)CCN(c3ccc(N4CCC(CN5CC[C@@H](n6cc(Nc7ncc8c(n7)CNCC8)cn6)[C@@H](F)C5)CC4)cc3C)C2=O)cc1. The molecule has 0 saturated carbocycles. The molecule has 2 aromatic carbocycles. The van der Waals surface area contributed by atoms with Gasteiger partial charge in [-0.15, -0.1) is 0 Å². The highest BCUT2D eigenvalue weighted by Gasteiger charge is 2.35. The van der Waals surface area contributed by atoms with E-state index in [4.69, 9.17) is 4.74 Å². The van der Waals surface area contributed by atoms with Gasteiger partial charge in [0.05, 0.1) is 37.3 Å². The van der Waals surface area contributed by atoms with Crippen LogP contribution in [0.15, 0.2) is 61.1 Å². The number of aromatic nitrogens is 4. The van der Waals surface area contributed by atoms with E-state index in [0.29, 0.717) is 31.4 Å². The summed E-state index contributed by atoms with van der Waals surface area (Å²) in [5.74, 6) is 1.61. The zero-order valence-electron chi connectivity index (χ0n) is 31.1. The molecule has 54 heavy (non-hydrogen) atoms. The molecule has 4 aliphatic heterocycles. The average Bonchev–Trinajstić information content (AvgIpc) is 3.65. The van der Waals surface area contributed by atoms with Crippen molar-refractivity contribution in [2.75, 3.05) is 68.0 Å². The Hall–Kier alpha value is -5.08. The third kappa shape index (κ3) is 7.76. The van der Waals surface area contributed by atoms with Gasteiger partial charge in [0, 0.05) is 76.0 Å². The van der Waals surface area contributed by atoms with Crippen LogP contribution < -0.4 is 25.2 Å². The van der Waals surface area contributed by atoms with Gasteiger partial charge in [-0.25, -0.2) is 19.2 Å². The first-order valence-electron chi connectivity index (χ1n) is 19.1. The number of nitrogens with one attached hydrogen (secondary N) is 2. The van der Waals surface area contributed by atoms with E-state index in [1.165, 1.54) is 10.5 Å². The predicted molar refractivity (Wildman–Crippen MR) is 205 cm³/mol. The minimum absolute atomic E-state index is 0.161. The quantitative estimate of drug-likeness (QED) is 0.224. The molecular formula is C40H49FN10O3. The summed E-state index contributed by atoms with van der Waals surface area (Å²) < 4.78 is 22.6. The largest absolute Gasteiger partial charge is 0.497 e. The molecule has 3 amide bonds. The lowest BCUT2D eigenvalue weighted by Crippen LogP contribution is -2.52. The van der Waals surface area contributed by atoms with Crippen molar-refractivity contribution in [1.29, 1.82) is 0 Å². The predicted octanol–water partition coefficient (Wildman–Crippen LogP) is 5.24. The summed E-state index contributed by atoms with van der Waals surface area (Å²) in [6.07, 6.45) is 8.47. The fourth-order valence-corrected chi connectivity index (χ4v) is 8.29. The molecule has 4 aliphatic rings. The average molecular weight is 737 g/mol. The van der Waals surface area contributed by atoms with Gasteiger partial charge in [-0.05, 0) is 92.1 Å². The van der Waals surface area contributed by atoms with Gasteiger partial charge in [-0.1, -0.05) is 12.1 Å². The number of amides is 3. The molecule has 2 atom stereocenters. The van der Waals surface area contributed by atoms with Crippen molar-refractivity contribution in [2.45, 2.75) is 64.3 Å². The molecule has 3 fully saturated rings. The smallest absolute Gasteiger partial charge is 0.331 e. The molecule has 2 aromatic heterocycles. The van der Waals surface area contributed by atoms with Crippen LogP contribution in [0.2, 0.25) is 0 Å². The lowest BCUT2D eigenvalue weighted by atomic mass is 9.94. The second-order valence-electron chi connectivity index (χ2n) is 15.0. The van der Waals surface area contributed by atoms with E-state index in [1.54, 1.807) is 22.9 Å². The Kier molecular flexibility index (Phi) is 10.5. The van der Waals surface area contributed by atoms with Crippen LogP contribution in [0.5, 0.6) is 5.75 Å². The molecule has 0 radical (unpaired) electrons. The number of hydrogen-bond donors (Lipinski definition) is 2. The number of piperidine rings is 2. The third-order valence-electron chi connectivity index (χ3n) is 11.4. The van der Waals surface area contributed by atoms with Crippen LogP contribution in [-0.4, -0.2) is 101 Å². The number of halogens is 1. The Balaban J connectivity index is 0.811. The Bertz CT molecular complexity index is 1960. The summed E-state index contributed by atoms with van der Waals surface area (Å²) in [6.45, 7) is 8.31. The maximum Gasteiger partial charge on any atom is 0.331 e. The number of alkyl halides is 1. The molecule has 3 saturated heterocycles. The van der Waals surface area contributed by atoms with Gasteiger partial charge >= 0.3 is 6.03 Å². The van der Waals surface area contributed by atoms with E-state index >= 15 is 4.39 Å². The molecule has 0 bridgehead atoms. The van der Waals surface area contributed by atoms with Gasteiger partial charge in [0.25, 0.3) is 0 Å². The monoisotopic (exact) mass is 736 g/mol. The highest BCUT2D eigenvalue weighted by atomic mass is 19.1. The maximum absolute atomic E-state index is 15.6. The number of benzene rings is 2. The van der Waals surface area contributed by atoms with Crippen molar-refractivity contribution >= 4 is 34.9 Å². The molecule has 6 heterocycles. The van der Waals surface area contributed by atoms with Gasteiger partial charge < -0.3 is 25.2 Å². The first kappa shape index (κ1) is 35.9. The second kappa shape index (κ2) is 15.7. The zero-order valence-corrected chi connectivity index (χ0v) is 31.1. The summed E-state index contributed by atoms with van der Waals surface area (Å²) in [7, 11) is 1.61. The second-order valence-corrected chi connectivity index (χ2v) is 15.0. The third-order valence-corrected chi connectivity index (χ3v) is 11.4. The number of hydrogen-bond acceptors (Lipinski definition) is 10. The molecule has 13 nitrogen and oxygen atoms in total. The normalized spacial score (nSPS) is 21.4. The molecule has 0 aliphatic carbocycles. The van der Waals surface area contributed by atoms with Gasteiger partial charge in [-0.3, -0.25) is 19.3 Å². The lowest BCUT2D eigenvalue weighted by Gasteiger charge is -2.39. The van der Waals surface area contributed by atoms with Crippen LogP contribution in [0, 0.1) is 12.8 Å². The molecule has 0 unspecified atom stereocenters. The van der Waals surface area contributed by atoms with Crippen molar-refractivity contribution in [3.63, 3.8) is 0 Å². The van der Waals surface area contributed by atoms with Crippen LogP contribution in [0.25, 0.3) is 0 Å². The fourth-order valence-electron chi connectivity index (χ4n) is 8.29. The maximum atomic E-state index is 15.6. The Labute approximate surface area is 315 Å². The highest BCUT2D eigenvalue weighted by molar-refractivity contribution is 6.06. The number of anilines is 4. The minimum atomic E-state index is -1.00. The molecule has 8 rings (SSSR count). The summed E-state index contributed by atoms with van der Waals surface area (Å²) in [5.41, 5.74) is 6.79. The topological polar surface area (TPSA) is 124 Å². The molecule has 2 N–H and O–H groups in total. The first-order chi connectivity index (χ1) is 26.3. The summed E-state index contributed by atoms with van der Waals surface area (Å²) in [6, 6.07) is 13.1. The van der Waals surface area contributed by atoms with Gasteiger partial charge in [0.15, 0.2) is 0 Å². The van der Waals surface area contributed by atoms with Crippen LogP contribution in [0.1, 0.15) is 54.1 Å². The van der Waals surface area contributed by atoms with E-state index < -0.39 is 6.17 Å². The zero-order chi connectivity index (χ0) is 37.2. The number of aryl methyl sites for hydroxylation is 1. The van der Waals surface area contributed by atoms with Crippen LogP contribution in [0.4, 0.5) is 32.2 Å². The van der Waals surface area contributed by atoms with E-state index in [9.17, 15) is 9.59 Å². The molecule has 14 heteroatoms. The Morgan fingerprint density at radius 3 is 2.61 bits per heavy atom. The molecule has 4 aromatic rings. The number of nitrogens with zero attached hydrogens (tertiary/aromatic N) is 8. The molecule has 0 spiro atoms. The standard InChI is InChI=1S/C40H49FN10O3/c1-27-19-32(5-8-36(27)49-18-13-38(52)50(40(49)53)24-28-3-6-33(54-2)7-4-28)48-16-10-29(11-17-48)23-47-15-12-37(34(41)26-47)51-25-31(21-44-51)45-39-43-20-30-9-14-42-22-35(30)46-39/h3-8,19-21,25,29,34,37,42H,9-18,22-24,26H2,1-2H3,(H,43,45,46)/t34-,37+/m0/s1. The molecular weight excluding hydrogens is 688 g/mol. The lowest BCUT2D eigenvalue weighted by molar-refractivity contribution is -0.129. The van der Waals surface area contributed by atoms with E-state index in [0.717, 1.165) is 98.2 Å². The summed E-state index contributed by atoms with van der Waals surface area (Å²) in [4.78, 5) is 43.2. The van der Waals surface area contributed by atoms with Crippen molar-refractivity contribution in [3.8, 4) is 5.75 Å². The van der Waals surface area contributed by atoms with Crippen molar-refractivity contribution in [3.05, 3.63) is 83.4 Å². The minimum Gasteiger partial charge on any atom is -0.497 e. The van der Waals surface area contributed by atoms with Crippen LogP contribution >= 0.6 is 0 Å². The number of imide groups is 1. The summed E-state index contributed by atoms with van der Waals surface area (Å²) in [5, 5.41) is 11.1. The number of ether oxygens (including phenoxy) is 1. The van der Waals surface area contributed by atoms with E-state index in [2.05, 4.69) is 47.6 Å². The highest BCUT2D eigenvalue weighted by Crippen LogP contribution is 2.33. The van der Waals surface area contributed by atoms with Gasteiger partial charge in [0.2, 0.25) is 11.9 Å². The number of urea groups is 1. The van der Waals surface area contributed by atoms with Gasteiger partial charge in [0.1, 0.15) is 11.9 Å². The van der Waals surface area contributed by atoms with E-state index in [1.807, 2.05) is 49.6 Å². The fraction of sp³-hybridized carbons (Fsp3) is 0.475. The first-order valence-corrected chi connectivity index (χ1v) is 19.1. The van der Waals surface area contributed by atoms with Crippen LogP contribution in [-0.2, 0) is 24.3 Å². The molecule has 284 valence electrons. The number of methoxy groups -OCH3 is 1. The summed E-state index contributed by atoms with van der Waals surface area (Å²) >= 11 is 0. The number of carbonyl (C=O) groups excluding carboxylic acids is 2. The van der Waals surface area contributed by atoms with Crippen molar-refractivity contribution in [2.24, 2.45) is 5.92 Å². The van der Waals surface area contributed by atoms with Gasteiger partial charge in [-0.2, -0.15) is 5.10 Å². The van der Waals surface area contributed by atoms with Crippen molar-refractivity contribution in [1.82, 2.24) is 34.9 Å². The van der Waals surface area contributed by atoms with Crippen molar-refractivity contribution < 1.29 is 18.7 Å². The Morgan fingerprint density at radius 1 is 1.00 bits per heavy atom.